The van der Waals surface area contributed by atoms with E-state index >= 15 is 0 Å². The van der Waals surface area contributed by atoms with Gasteiger partial charge < -0.3 is 14.4 Å². The number of methoxy groups -OCH3 is 1. The number of hydrogen-bond acceptors (Lipinski definition) is 6. The summed E-state index contributed by atoms with van der Waals surface area (Å²) in [6, 6.07) is 19.1. The van der Waals surface area contributed by atoms with Crippen LogP contribution in [-0.2, 0) is 29.3 Å². The van der Waals surface area contributed by atoms with E-state index in [0.717, 1.165) is 11.0 Å². The van der Waals surface area contributed by atoms with Crippen molar-refractivity contribution in [3.05, 3.63) is 101 Å². The second-order valence-electron chi connectivity index (χ2n) is 11.0. The second kappa shape index (κ2) is 9.99. The number of carbonyl (C=O) groups is 4. The number of esters is 1. The molecule has 0 aromatic heterocycles. The third-order valence-corrected chi connectivity index (χ3v) is 7.30. The highest BCUT2D eigenvalue weighted by Gasteiger charge is 2.56. The molecule has 9 heteroatoms. The normalized spacial score (nSPS) is 19.2. The van der Waals surface area contributed by atoms with Crippen molar-refractivity contribution >= 4 is 40.8 Å². The first kappa shape index (κ1) is 27.8. The molecule has 0 spiro atoms. The molecule has 1 atom stereocenters. The number of rotatable bonds is 4. The summed E-state index contributed by atoms with van der Waals surface area (Å²) < 4.78 is 25.6. The van der Waals surface area contributed by atoms with E-state index in [1.54, 1.807) is 82.4 Å². The molecule has 0 fully saturated rings. The lowest BCUT2D eigenvalue weighted by Crippen LogP contribution is -2.46. The van der Waals surface area contributed by atoms with E-state index in [2.05, 4.69) is 0 Å². The molecule has 0 saturated heterocycles. The summed E-state index contributed by atoms with van der Waals surface area (Å²) in [5, 5.41) is 0. The first-order valence-electron chi connectivity index (χ1n) is 13.0. The van der Waals surface area contributed by atoms with E-state index < -0.39 is 40.7 Å². The fraction of sp³-hybridized carbons (Fsp3) is 0.250. The Kier molecular flexibility index (Phi) is 6.77. The minimum Gasteiger partial charge on any atom is -0.466 e. The van der Waals surface area contributed by atoms with E-state index in [4.69, 9.17) is 9.47 Å². The number of likely N-dealkylation sites (N-methyl/N-ethyl adjacent to an activating group) is 1. The Labute approximate surface area is 237 Å². The molecule has 0 N–H and O–H groups in total. The Balaban J connectivity index is 1.82. The molecule has 0 aliphatic carbocycles. The fourth-order valence-corrected chi connectivity index (χ4v) is 5.54. The summed E-state index contributed by atoms with van der Waals surface area (Å²) in [7, 11) is 2.77. The Morgan fingerprint density at radius 2 is 1.59 bits per heavy atom. The van der Waals surface area contributed by atoms with Gasteiger partial charge in [-0.05, 0) is 56.2 Å². The molecule has 8 nitrogen and oxygen atoms in total. The third kappa shape index (κ3) is 4.47. The van der Waals surface area contributed by atoms with Crippen molar-refractivity contribution in [2.75, 3.05) is 24.0 Å². The molecule has 0 saturated carbocycles. The van der Waals surface area contributed by atoms with Gasteiger partial charge in [-0.2, -0.15) is 0 Å². The number of ether oxygens (including phenoxy) is 2. The summed E-state index contributed by atoms with van der Waals surface area (Å²) in [6.45, 7) is 5.00. The van der Waals surface area contributed by atoms with Crippen LogP contribution in [0.3, 0.4) is 0 Å². The van der Waals surface area contributed by atoms with Gasteiger partial charge in [0.05, 0.1) is 29.6 Å². The first-order valence-corrected chi connectivity index (χ1v) is 13.0. The van der Waals surface area contributed by atoms with Crippen LogP contribution in [0, 0.1) is 5.82 Å². The number of benzene rings is 3. The van der Waals surface area contributed by atoms with E-state index in [-0.39, 0.29) is 28.8 Å². The SMILES string of the molecule is COC(=O)/C(C[C@@]1(c2ccccc2)C(=O)N(C(=O)OC(C)(C)C)c2ccc(F)cc21)=C1/C(=O)N(C)c2ccccc21. The number of fused-ring (bicyclic) bond motifs is 2. The summed E-state index contributed by atoms with van der Waals surface area (Å²) in [5.41, 5.74) is -0.939. The molecule has 3 aromatic rings. The molecule has 2 aliphatic heterocycles. The van der Waals surface area contributed by atoms with Crippen LogP contribution in [0.5, 0.6) is 0 Å². The van der Waals surface area contributed by atoms with Gasteiger partial charge >= 0.3 is 12.1 Å². The summed E-state index contributed by atoms with van der Waals surface area (Å²) in [5.74, 6) is -2.66. The minimum absolute atomic E-state index is 0.0757. The van der Waals surface area contributed by atoms with Crippen LogP contribution < -0.4 is 9.80 Å². The zero-order valence-electron chi connectivity index (χ0n) is 23.4. The highest BCUT2D eigenvalue weighted by Crippen LogP contribution is 2.52. The Morgan fingerprint density at radius 3 is 2.24 bits per heavy atom. The molecular formula is C32H29FN2O6. The maximum absolute atomic E-state index is 14.9. The van der Waals surface area contributed by atoms with E-state index in [9.17, 15) is 23.6 Å². The molecule has 3 amide bonds. The van der Waals surface area contributed by atoms with Crippen LogP contribution >= 0.6 is 0 Å². The monoisotopic (exact) mass is 556 g/mol. The van der Waals surface area contributed by atoms with Crippen molar-refractivity contribution in [2.45, 2.75) is 38.2 Å². The Morgan fingerprint density at radius 1 is 0.927 bits per heavy atom. The average Bonchev–Trinajstić information content (AvgIpc) is 3.33. The third-order valence-electron chi connectivity index (χ3n) is 7.30. The molecule has 0 unspecified atom stereocenters. The quantitative estimate of drug-likeness (QED) is 0.316. The number of halogens is 1. The molecule has 3 aromatic carbocycles. The average molecular weight is 557 g/mol. The van der Waals surface area contributed by atoms with Gasteiger partial charge in [0.2, 0.25) is 0 Å². The standard InChI is InChI=1S/C32H29FN2O6/c1-31(2,3)41-30(39)35-25-16-15-20(33)17-23(25)32(29(35)38,19-11-7-6-8-12-19)18-22(28(37)40-5)26-21-13-9-10-14-24(21)34(4)27(26)36/h6-17H,18H2,1-5H3/b26-22+/t32-/m0/s1. The van der Waals surface area contributed by atoms with Crippen molar-refractivity contribution in [3.8, 4) is 0 Å². The highest BCUT2D eigenvalue weighted by molar-refractivity contribution is 6.36. The molecule has 41 heavy (non-hydrogen) atoms. The fourth-order valence-electron chi connectivity index (χ4n) is 5.54. The Bertz CT molecular complexity index is 1620. The molecular weight excluding hydrogens is 527 g/mol. The predicted molar refractivity (Wildman–Crippen MR) is 151 cm³/mol. The number of para-hydroxylation sites is 1. The van der Waals surface area contributed by atoms with E-state index in [0.29, 0.717) is 16.8 Å². The van der Waals surface area contributed by atoms with Gasteiger partial charge in [0, 0.05) is 19.0 Å². The molecule has 210 valence electrons. The number of carbonyl (C=O) groups excluding carboxylic acids is 4. The van der Waals surface area contributed by atoms with E-state index in [1.807, 2.05) is 0 Å². The highest BCUT2D eigenvalue weighted by atomic mass is 19.1. The molecule has 0 bridgehead atoms. The van der Waals surface area contributed by atoms with Crippen LogP contribution in [0.15, 0.2) is 78.4 Å². The molecule has 0 radical (unpaired) electrons. The number of anilines is 2. The van der Waals surface area contributed by atoms with Gasteiger partial charge in [-0.15, -0.1) is 0 Å². The lowest BCUT2D eigenvalue weighted by atomic mass is 9.70. The van der Waals surface area contributed by atoms with Gasteiger partial charge in [0.1, 0.15) is 16.8 Å². The predicted octanol–water partition coefficient (Wildman–Crippen LogP) is 5.39. The van der Waals surface area contributed by atoms with Gasteiger partial charge in [-0.25, -0.2) is 18.9 Å². The number of imide groups is 1. The van der Waals surface area contributed by atoms with Crippen molar-refractivity contribution in [3.63, 3.8) is 0 Å². The first-order chi connectivity index (χ1) is 19.4. The van der Waals surface area contributed by atoms with Crippen LogP contribution in [-0.4, -0.2) is 43.6 Å². The van der Waals surface area contributed by atoms with Gasteiger partial charge in [-0.1, -0.05) is 48.5 Å². The summed E-state index contributed by atoms with van der Waals surface area (Å²) in [4.78, 5) is 57.4. The van der Waals surface area contributed by atoms with Crippen LogP contribution in [0.4, 0.5) is 20.6 Å². The largest absolute Gasteiger partial charge is 0.466 e. The van der Waals surface area contributed by atoms with Gasteiger partial charge in [-0.3, -0.25) is 9.59 Å². The number of hydrogen-bond donors (Lipinski definition) is 0. The smallest absolute Gasteiger partial charge is 0.421 e. The maximum Gasteiger partial charge on any atom is 0.421 e. The lowest BCUT2D eigenvalue weighted by molar-refractivity contribution is -0.136. The zero-order valence-corrected chi connectivity index (χ0v) is 23.4. The zero-order chi connectivity index (χ0) is 29.7. The van der Waals surface area contributed by atoms with Crippen molar-refractivity contribution in [2.24, 2.45) is 0 Å². The number of amides is 3. The van der Waals surface area contributed by atoms with Crippen LogP contribution in [0.25, 0.3) is 5.57 Å². The topological polar surface area (TPSA) is 93.2 Å². The molecule has 5 rings (SSSR count). The minimum atomic E-state index is -1.78. The number of nitrogens with zero attached hydrogens (tertiary/aromatic N) is 2. The summed E-state index contributed by atoms with van der Waals surface area (Å²) >= 11 is 0. The lowest BCUT2D eigenvalue weighted by Gasteiger charge is -2.31. The van der Waals surface area contributed by atoms with Gasteiger partial charge in [0.15, 0.2) is 0 Å². The Hall–Kier alpha value is -4.79. The summed E-state index contributed by atoms with van der Waals surface area (Å²) in [6.07, 6.45) is -1.33. The second-order valence-corrected chi connectivity index (χ2v) is 11.0. The van der Waals surface area contributed by atoms with Crippen LogP contribution in [0.1, 0.15) is 43.9 Å². The molecule has 2 heterocycles. The maximum atomic E-state index is 14.9. The van der Waals surface area contributed by atoms with Crippen molar-refractivity contribution < 1.29 is 33.0 Å². The van der Waals surface area contributed by atoms with Gasteiger partial charge in [0.25, 0.3) is 11.8 Å². The molecule has 2 aliphatic rings. The van der Waals surface area contributed by atoms with E-state index in [1.165, 1.54) is 24.1 Å². The van der Waals surface area contributed by atoms with Crippen molar-refractivity contribution in [1.82, 2.24) is 0 Å². The van der Waals surface area contributed by atoms with Crippen molar-refractivity contribution in [1.29, 1.82) is 0 Å². The van der Waals surface area contributed by atoms with Crippen LogP contribution in [0.2, 0.25) is 0 Å².